The van der Waals surface area contributed by atoms with Gasteiger partial charge in [0.2, 0.25) is 5.95 Å². The maximum absolute atomic E-state index is 6.20. The van der Waals surface area contributed by atoms with Gasteiger partial charge in [0.1, 0.15) is 5.75 Å². The summed E-state index contributed by atoms with van der Waals surface area (Å²) in [4.78, 5) is 0. The lowest BCUT2D eigenvalue weighted by atomic mass is 10.2. The molecule has 0 unspecified atom stereocenters. The maximum atomic E-state index is 6.20. The van der Waals surface area contributed by atoms with Crippen LogP contribution in [0, 0.1) is 0 Å². The summed E-state index contributed by atoms with van der Waals surface area (Å²) in [5.74, 6) is 1.30. The van der Waals surface area contributed by atoms with Crippen molar-refractivity contribution in [2.24, 2.45) is 0 Å². The van der Waals surface area contributed by atoms with E-state index in [0.29, 0.717) is 36.4 Å². The Kier molecular flexibility index (Phi) is 5.57. The normalized spacial score (nSPS) is 10.4. The third-order valence-electron chi connectivity index (χ3n) is 2.74. The number of ether oxygens (including phenoxy) is 1. The Bertz CT molecular complexity index is 599. The highest BCUT2D eigenvalue weighted by molar-refractivity contribution is 6.32. The molecule has 0 atom stereocenters. The van der Waals surface area contributed by atoms with E-state index in [0.717, 1.165) is 12.0 Å². The summed E-state index contributed by atoms with van der Waals surface area (Å²) in [6.07, 6.45) is 2.68. The van der Waals surface area contributed by atoms with Gasteiger partial charge in [-0.25, -0.2) is 4.68 Å². The molecular formula is C14H18ClN5O. The quantitative estimate of drug-likeness (QED) is 0.760. The fraction of sp³-hybridized carbons (Fsp3) is 0.357. The van der Waals surface area contributed by atoms with E-state index < -0.39 is 0 Å². The van der Waals surface area contributed by atoms with Gasteiger partial charge in [0.15, 0.2) is 0 Å². The van der Waals surface area contributed by atoms with Gasteiger partial charge in [0.05, 0.1) is 18.2 Å². The van der Waals surface area contributed by atoms with Gasteiger partial charge in [-0.2, -0.15) is 0 Å². The van der Waals surface area contributed by atoms with Crippen LogP contribution in [0.1, 0.15) is 18.9 Å². The van der Waals surface area contributed by atoms with Crippen LogP contribution < -0.4 is 10.1 Å². The smallest absolute Gasteiger partial charge is 0.243 e. The fourth-order valence-electron chi connectivity index (χ4n) is 1.74. The Hall–Kier alpha value is -2.08. The number of benzene rings is 1. The zero-order valence-corrected chi connectivity index (χ0v) is 12.7. The van der Waals surface area contributed by atoms with Crippen LogP contribution in [0.2, 0.25) is 5.02 Å². The maximum Gasteiger partial charge on any atom is 0.243 e. The van der Waals surface area contributed by atoms with Crippen molar-refractivity contribution in [3.05, 3.63) is 41.4 Å². The molecule has 1 aromatic carbocycles. The van der Waals surface area contributed by atoms with Gasteiger partial charge in [-0.15, -0.1) is 6.58 Å². The molecule has 1 aromatic heterocycles. The second-order valence-corrected chi connectivity index (χ2v) is 4.85. The van der Waals surface area contributed by atoms with Crippen molar-refractivity contribution >= 4 is 17.5 Å². The molecule has 0 saturated carbocycles. The summed E-state index contributed by atoms with van der Waals surface area (Å²) in [7, 11) is 0. The molecule has 2 rings (SSSR count). The standard InChI is InChI=1S/C14H18ClN5O/c1-3-7-20-14(17-18-19-20)16-10-11-5-6-13(12(15)9-11)21-8-4-2/h3,5-6,9H,1,4,7-8,10H2,2H3,(H,16,17,19). The zero-order valence-electron chi connectivity index (χ0n) is 11.9. The van der Waals surface area contributed by atoms with Crippen LogP contribution in [0.4, 0.5) is 5.95 Å². The van der Waals surface area contributed by atoms with Crippen LogP contribution >= 0.6 is 11.6 Å². The molecule has 0 aliphatic heterocycles. The van der Waals surface area contributed by atoms with Crippen molar-refractivity contribution < 1.29 is 4.74 Å². The minimum absolute atomic E-state index is 0.555. The molecule has 0 spiro atoms. The predicted molar refractivity (Wildman–Crippen MR) is 82.6 cm³/mol. The molecule has 0 bridgehead atoms. The molecule has 0 saturated heterocycles. The molecule has 6 nitrogen and oxygen atoms in total. The first-order valence-electron chi connectivity index (χ1n) is 6.76. The van der Waals surface area contributed by atoms with Gasteiger partial charge >= 0.3 is 0 Å². The Labute approximate surface area is 128 Å². The number of anilines is 1. The van der Waals surface area contributed by atoms with Crippen molar-refractivity contribution in [2.75, 3.05) is 11.9 Å². The van der Waals surface area contributed by atoms with E-state index >= 15 is 0 Å². The monoisotopic (exact) mass is 307 g/mol. The molecule has 0 fully saturated rings. The zero-order chi connectivity index (χ0) is 15.1. The van der Waals surface area contributed by atoms with Crippen molar-refractivity contribution in [1.82, 2.24) is 20.2 Å². The van der Waals surface area contributed by atoms with E-state index in [2.05, 4.69) is 34.3 Å². The number of aromatic nitrogens is 4. The molecule has 21 heavy (non-hydrogen) atoms. The van der Waals surface area contributed by atoms with Gasteiger partial charge in [0, 0.05) is 6.54 Å². The average Bonchev–Trinajstić information content (AvgIpc) is 2.92. The van der Waals surface area contributed by atoms with E-state index in [1.807, 2.05) is 18.2 Å². The summed E-state index contributed by atoms with van der Waals surface area (Å²) in [5.41, 5.74) is 1.03. The first-order valence-corrected chi connectivity index (χ1v) is 7.14. The van der Waals surface area contributed by atoms with Crippen molar-refractivity contribution in [2.45, 2.75) is 26.4 Å². The Morgan fingerprint density at radius 1 is 1.48 bits per heavy atom. The van der Waals surface area contributed by atoms with Crippen molar-refractivity contribution in [3.8, 4) is 5.75 Å². The van der Waals surface area contributed by atoms with E-state index in [4.69, 9.17) is 16.3 Å². The molecule has 1 N–H and O–H groups in total. The van der Waals surface area contributed by atoms with Gasteiger partial charge in [-0.1, -0.05) is 35.8 Å². The molecule has 112 valence electrons. The Morgan fingerprint density at radius 2 is 2.33 bits per heavy atom. The molecule has 1 heterocycles. The molecule has 0 radical (unpaired) electrons. The van der Waals surface area contributed by atoms with Gasteiger partial charge in [0.25, 0.3) is 0 Å². The predicted octanol–water partition coefficient (Wildman–Crippen LogP) is 2.91. The SMILES string of the molecule is C=CCn1nnnc1NCc1ccc(OCCC)c(Cl)c1. The highest BCUT2D eigenvalue weighted by atomic mass is 35.5. The fourth-order valence-corrected chi connectivity index (χ4v) is 2.00. The van der Waals surface area contributed by atoms with Crippen LogP contribution in [-0.2, 0) is 13.1 Å². The van der Waals surface area contributed by atoms with Gasteiger partial charge < -0.3 is 10.1 Å². The van der Waals surface area contributed by atoms with Crippen LogP contribution in [0.3, 0.4) is 0 Å². The highest BCUT2D eigenvalue weighted by Crippen LogP contribution is 2.25. The average molecular weight is 308 g/mol. The van der Waals surface area contributed by atoms with Crippen LogP contribution in [0.25, 0.3) is 0 Å². The third kappa shape index (κ3) is 4.19. The lowest BCUT2D eigenvalue weighted by Crippen LogP contribution is -2.08. The van der Waals surface area contributed by atoms with Crippen LogP contribution in [0.15, 0.2) is 30.9 Å². The van der Waals surface area contributed by atoms with Crippen LogP contribution in [-0.4, -0.2) is 26.8 Å². The lowest BCUT2D eigenvalue weighted by Gasteiger charge is -2.09. The second-order valence-electron chi connectivity index (χ2n) is 4.44. The summed E-state index contributed by atoms with van der Waals surface area (Å²) in [5, 5.41) is 15.2. The van der Waals surface area contributed by atoms with Crippen molar-refractivity contribution in [1.29, 1.82) is 0 Å². The summed E-state index contributed by atoms with van der Waals surface area (Å²) >= 11 is 6.20. The number of hydrogen-bond acceptors (Lipinski definition) is 5. The lowest BCUT2D eigenvalue weighted by molar-refractivity contribution is 0.317. The first kappa shape index (κ1) is 15.3. The van der Waals surface area contributed by atoms with Crippen LogP contribution in [0.5, 0.6) is 5.75 Å². The number of tetrazole rings is 1. The van der Waals surface area contributed by atoms with Crippen molar-refractivity contribution in [3.63, 3.8) is 0 Å². The number of rotatable bonds is 8. The Balaban J connectivity index is 1.98. The molecule has 0 aliphatic rings. The molecular weight excluding hydrogens is 290 g/mol. The highest BCUT2D eigenvalue weighted by Gasteiger charge is 2.06. The Morgan fingerprint density at radius 3 is 3.05 bits per heavy atom. The van der Waals surface area contributed by atoms with E-state index in [9.17, 15) is 0 Å². The van der Waals surface area contributed by atoms with E-state index in [1.54, 1.807) is 10.8 Å². The van der Waals surface area contributed by atoms with Gasteiger partial charge in [-0.3, -0.25) is 0 Å². The molecule has 0 amide bonds. The number of allylic oxidation sites excluding steroid dienone is 1. The topological polar surface area (TPSA) is 64.9 Å². The number of hydrogen-bond donors (Lipinski definition) is 1. The largest absolute Gasteiger partial charge is 0.492 e. The number of nitrogens with one attached hydrogen (secondary N) is 1. The number of halogens is 1. The summed E-state index contributed by atoms with van der Waals surface area (Å²) in [6, 6.07) is 5.72. The first-order chi connectivity index (χ1) is 10.2. The molecule has 0 aliphatic carbocycles. The van der Waals surface area contributed by atoms with Gasteiger partial charge in [-0.05, 0) is 34.5 Å². The second kappa shape index (κ2) is 7.64. The molecule has 7 heteroatoms. The minimum atomic E-state index is 0.555. The third-order valence-corrected chi connectivity index (χ3v) is 3.04. The summed E-state index contributed by atoms with van der Waals surface area (Å²) < 4.78 is 7.17. The number of nitrogens with zero attached hydrogens (tertiary/aromatic N) is 4. The summed E-state index contributed by atoms with van der Waals surface area (Å²) in [6.45, 7) is 7.51. The van der Waals surface area contributed by atoms with E-state index in [-0.39, 0.29) is 0 Å². The molecule has 2 aromatic rings. The minimum Gasteiger partial charge on any atom is -0.492 e. The van der Waals surface area contributed by atoms with E-state index in [1.165, 1.54) is 0 Å².